The van der Waals surface area contributed by atoms with Crippen molar-refractivity contribution in [3.63, 3.8) is 0 Å². The Labute approximate surface area is 168 Å². The van der Waals surface area contributed by atoms with Gasteiger partial charge in [0.15, 0.2) is 0 Å². The first kappa shape index (κ1) is 19.1. The Bertz CT molecular complexity index is 930. The van der Waals surface area contributed by atoms with Gasteiger partial charge in [-0.2, -0.15) is 4.68 Å². The Balaban J connectivity index is 1.34. The smallest absolute Gasteiger partial charge is 0.214 e. The van der Waals surface area contributed by atoms with Crippen molar-refractivity contribution in [3.8, 4) is 5.69 Å². The number of benzene rings is 2. The lowest BCUT2D eigenvalue weighted by Gasteiger charge is -2.26. The van der Waals surface area contributed by atoms with Crippen LogP contribution in [0, 0.1) is 6.92 Å². The molecule has 2 aromatic carbocycles. The minimum atomic E-state index is -0.582. The predicted octanol–water partition coefficient (Wildman–Crippen LogP) is 3.52. The summed E-state index contributed by atoms with van der Waals surface area (Å²) in [7, 11) is 0. The molecule has 1 heterocycles. The SMILES string of the molecule is Cc1ccccc1-n1nnnc1SC[C@H](O)CO[C@@H]1CCCc2ccccc21. The summed E-state index contributed by atoms with van der Waals surface area (Å²) >= 11 is 1.43. The van der Waals surface area contributed by atoms with E-state index in [1.807, 2.05) is 31.2 Å². The number of hydrogen-bond donors (Lipinski definition) is 1. The number of aliphatic hydroxyl groups is 1. The Morgan fingerprint density at radius 1 is 1.21 bits per heavy atom. The zero-order chi connectivity index (χ0) is 19.3. The lowest BCUT2D eigenvalue weighted by Crippen LogP contribution is -2.22. The van der Waals surface area contributed by atoms with Crippen LogP contribution in [0.5, 0.6) is 0 Å². The maximum absolute atomic E-state index is 10.4. The molecule has 4 rings (SSSR count). The van der Waals surface area contributed by atoms with Crippen molar-refractivity contribution in [3.05, 3.63) is 65.2 Å². The number of nitrogens with zero attached hydrogens (tertiary/aromatic N) is 4. The Hall–Kier alpha value is -2.22. The fourth-order valence-corrected chi connectivity index (χ4v) is 4.34. The third-order valence-corrected chi connectivity index (χ3v) is 6.06. The second-order valence-electron chi connectivity index (χ2n) is 7.04. The number of aryl methyl sites for hydroxylation is 2. The molecule has 0 saturated heterocycles. The van der Waals surface area contributed by atoms with Gasteiger partial charge in [0.25, 0.3) is 0 Å². The van der Waals surface area contributed by atoms with E-state index in [4.69, 9.17) is 4.74 Å². The van der Waals surface area contributed by atoms with E-state index >= 15 is 0 Å². The van der Waals surface area contributed by atoms with Gasteiger partial charge in [-0.3, -0.25) is 0 Å². The lowest BCUT2D eigenvalue weighted by molar-refractivity contribution is -0.00960. The van der Waals surface area contributed by atoms with Crippen molar-refractivity contribution in [2.45, 2.75) is 43.6 Å². The largest absolute Gasteiger partial charge is 0.390 e. The lowest BCUT2D eigenvalue weighted by atomic mass is 9.89. The number of rotatable bonds is 7. The molecule has 0 radical (unpaired) electrons. The van der Waals surface area contributed by atoms with Crippen LogP contribution in [-0.2, 0) is 11.2 Å². The van der Waals surface area contributed by atoms with Gasteiger partial charge in [-0.1, -0.05) is 54.2 Å². The number of aromatic nitrogens is 4. The van der Waals surface area contributed by atoms with Crippen LogP contribution in [0.25, 0.3) is 5.69 Å². The van der Waals surface area contributed by atoms with Crippen LogP contribution >= 0.6 is 11.8 Å². The molecule has 6 nitrogen and oxygen atoms in total. The molecule has 0 aliphatic heterocycles. The van der Waals surface area contributed by atoms with Crippen molar-refractivity contribution in [1.82, 2.24) is 20.2 Å². The van der Waals surface area contributed by atoms with E-state index in [0.717, 1.165) is 30.5 Å². The fraction of sp³-hybridized carbons (Fsp3) is 0.381. The first-order valence-corrected chi connectivity index (χ1v) is 10.6. The molecule has 28 heavy (non-hydrogen) atoms. The summed E-state index contributed by atoms with van der Waals surface area (Å²) < 4.78 is 7.77. The van der Waals surface area contributed by atoms with E-state index in [1.165, 1.54) is 22.9 Å². The third kappa shape index (κ3) is 4.27. The standard InChI is InChI=1S/C21H24N4O2S/c1-15-7-2-5-11-19(15)25-21(22-23-24-25)28-14-17(26)13-27-20-12-6-9-16-8-3-4-10-18(16)20/h2-5,7-8,10-11,17,20,26H,6,9,12-14H2,1H3/t17-,20-/m1/s1. The van der Waals surface area contributed by atoms with Gasteiger partial charge in [0.1, 0.15) is 0 Å². The number of hydrogen-bond acceptors (Lipinski definition) is 6. The molecule has 1 N–H and O–H groups in total. The summed E-state index contributed by atoms with van der Waals surface area (Å²) in [4.78, 5) is 0. The van der Waals surface area contributed by atoms with Crippen LogP contribution in [0.2, 0.25) is 0 Å². The van der Waals surface area contributed by atoms with E-state index in [0.29, 0.717) is 17.5 Å². The first-order valence-electron chi connectivity index (χ1n) is 9.57. The second kappa shape index (κ2) is 8.86. The van der Waals surface area contributed by atoms with Crippen molar-refractivity contribution < 1.29 is 9.84 Å². The van der Waals surface area contributed by atoms with Gasteiger partial charge in [0.05, 0.1) is 24.5 Å². The number of aliphatic hydroxyl groups excluding tert-OH is 1. The minimum Gasteiger partial charge on any atom is -0.390 e. The summed E-state index contributed by atoms with van der Waals surface area (Å²) in [5, 5.41) is 23.1. The van der Waals surface area contributed by atoms with Gasteiger partial charge in [-0.05, 0) is 59.4 Å². The molecule has 1 aromatic heterocycles. The van der Waals surface area contributed by atoms with Crippen molar-refractivity contribution in [2.24, 2.45) is 0 Å². The van der Waals surface area contributed by atoms with E-state index in [2.05, 4.69) is 39.8 Å². The van der Waals surface area contributed by atoms with Crippen LogP contribution < -0.4 is 0 Å². The molecule has 1 aliphatic rings. The van der Waals surface area contributed by atoms with E-state index in [1.54, 1.807) is 4.68 Å². The number of tetrazole rings is 1. The van der Waals surface area contributed by atoms with Gasteiger partial charge in [-0.15, -0.1) is 5.10 Å². The highest BCUT2D eigenvalue weighted by Crippen LogP contribution is 2.32. The Kier molecular flexibility index (Phi) is 6.04. The molecular weight excluding hydrogens is 372 g/mol. The summed E-state index contributed by atoms with van der Waals surface area (Å²) in [5.41, 5.74) is 4.66. The summed E-state index contributed by atoms with van der Waals surface area (Å²) in [6, 6.07) is 16.4. The second-order valence-corrected chi connectivity index (χ2v) is 8.02. The molecule has 7 heteroatoms. The van der Waals surface area contributed by atoms with Crippen LogP contribution in [0.3, 0.4) is 0 Å². The van der Waals surface area contributed by atoms with Gasteiger partial charge in [0.2, 0.25) is 5.16 Å². The maximum Gasteiger partial charge on any atom is 0.214 e. The molecule has 0 fully saturated rings. The van der Waals surface area contributed by atoms with Crippen LogP contribution in [0.1, 0.15) is 35.6 Å². The van der Waals surface area contributed by atoms with Crippen LogP contribution in [0.4, 0.5) is 0 Å². The fourth-order valence-electron chi connectivity index (χ4n) is 3.55. The zero-order valence-corrected chi connectivity index (χ0v) is 16.7. The van der Waals surface area contributed by atoms with Crippen molar-refractivity contribution >= 4 is 11.8 Å². The molecular formula is C21H24N4O2S. The topological polar surface area (TPSA) is 73.1 Å². The Morgan fingerprint density at radius 2 is 2.04 bits per heavy atom. The third-order valence-electron chi connectivity index (χ3n) is 4.99. The number of thioether (sulfide) groups is 1. The molecule has 0 bridgehead atoms. The number of para-hydroxylation sites is 1. The summed E-state index contributed by atoms with van der Waals surface area (Å²) in [6.45, 7) is 2.33. The maximum atomic E-state index is 10.4. The molecule has 1 aliphatic carbocycles. The molecule has 0 spiro atoms. The number of fused-ring (bicyclic) bond motifs is 1. The average Bonchev–Trinajstić information content (AvgIpc) is 3.19. The molecule has 0 amide bonds. The van der Waals surface area contributed by atoms with Gasteiger partial charge >= 0.3 is 0 Å². The molecule has 146 valence electrons. The summed E-state index contributed by atoms with van der Waals surface area (Å²) in [6.07, 6.45) is 2.72. The van der Waals surface area contributed by atoms with Gasteiger partial charge < -0.3 is 9.84 Å². The van der Waals surface area contributed by atoms with Gasteiger partial charge in [0, 0.05) is 5.75 Å². The monoisotopic (exact) mass is 396 g/mol. The normalized spacial score (nSPS) is 17.3. The predicted molar refractivity (Wildman–Crippen MR) is 109 cm³/mol. The van der Waals surface area contributed by atoms with E-state index < -0.39 is 6.10 Å². The molecule has 0 unspecified atom stereocenters. The molecule has 3 aromatic rings. The summed E-state index contributed by atoms with van der Waals surface area (Å²) in [5.74, 6) is 0.473. The average molecular weight is 397 g/mol. The van der Waals surface area contributed by atoms with E-state index in [9.17, 15) is 5.11 Å². The quantitative estimate of drug-likeness (QED) is 0.616. The number of ether oxygens (including phenoxy) is 1. The first-order chi connectivity index (χ1) is 13.7. The highest BCUT2D eigenvalue weighted by Gasteiger charge is 2.21. The van der Waals surface area contributed by atoms with Crippen LogP contribution in [0.15, 0.2) is 53.7 Å². The van der Waals surface area contributed by atoms with Crippen LogP contribution in [-0.4, -0.2) is 43.8 Å². The van der Waals surface area contributed by atoms with Crippen molar-refractivity contribution in [1.29, 1.82) is 0 Å². The van der Waals surface area contributed by atoms with E-state index in [-0.39, 0.29) is 6.10 Å². The van der Waals surface area contributed by atoms with Gasteiger partial charge in [-0.25, -0.2) is 0 Å². The minimum absolute atomic E-state index is 0.0712. The Morgan fingerprint density at radius 3 is 2.93 bits per heavy atom. The molecule has 0 saturated carbocycles. The highest BCUT2D eigenvalue weighted by atomic mass is 32.2. The zero-order valence-electron chi connectivity index (χ0n) is 15.9. The molecule has 2 atom stereocenters. The highest BCUT2D eigenvalue weighted by molar-refractivity contribution is 7.99. The van der Waals surface area contributed by atoms with Crippen molar-refractivity contribution in [2.75, 3.05) is 12.4 Å².